The average Bonchev–Trinajstić information content (AvgIpc) is 3.13. The fourth-order valence-corrected chi connectivity index (χ4v) is 3.22. The van der Waals surface area contributed by atoms with Gasteiger partial charge in [0.05, 0.1) is 4.92 Å². The van der Waals surface area contributed by atoms with Gasteiger partial charge in [-0.2, -0.15) is 0 Å². The van der Waals surface area contributed by atoms with E-state index in [1.165, 1.54) is 12.1 Å². The predicted octanol–water partition coefficient (Wildman–Crippen LogP) is 6.27. The molecule has 0 radical (unpaired) electrons. The molecule has 0 bridgehead atoms. The molecule has 1 amide bonds. The van der Waals surface area contributed by atoms with Crippen LogP contribution in [0, 0.1) is 17.0 Å². The number of nitro groups is 1. The first-order valence-electron chi connectivity index (χ1n) is 8.74. The molecular weight excluding hydrogens is 429 g/mol. The fraction of sp³-hybridized carbons (Fsp3) is 0.0476. The van der Waals surface area contributed by atoms with Crippen LogP contribution in [-0.4, -0.2) is 15.8 Å². The van der Waals surface area contributed by atoms with Crippen molar-refractivity contribution in [3.63, 3.8) is 0 Å². The third-order valence-electron chi connectivity index (χ3n) is 4.47. The number of benzene rings is 3. The Morgan fingerprint density at radius 1 is 1.07 bits per heavy atom. The number of rotatable bonds is 4. The molecule has 0 saturated carbocycles. The number of nitro benzene ring substituents is 1. The summed E-state index contributed by atoms with van der Waals surface area (Å²) in [4.78, 5) is 27.3. The fourth-order valence-electron chi connectivity index (χ4n) is 2.85. The van der Waals surface area contributed by atoms with Gasteiger partial charge in [0.1, 0.15) is 10.5 Å². The first-order valence-corrected chi connectivity index (χ1v) is 9.50. The van der Waals surface area contributed by atoms with Crippen molar-refractivity contribution >= 4 is 51.6 Å². The van der Waals surface area contributed by atoms with Crippen molar-refractivity contribution in [1.82, 2.24) is 4.98 Å². The van der Waals surface area contributed by atoms with Crippen molar-refractivity contribution in [3.05, 3.63) is 85.9 Å². The highest BCUT2D eigenvalue weighted by Crippen LogP contribution is 2.29. The highest BCUT2D eigenvalue weighted by atomic mass is 35.5. The topological polar surface area (TPSA) is 98.3 Å². The van der Waals surface area contributed by atoms with E-state index in [1.807, 2.05) is 19.1 Å². The second kappa shape index (κ2) is 7.78. The van der Waals surface area contributed by atoms with Gasteiger partial charge < -0.3 is 9.73 Å². The van der Waals surface area contributed by atoms with Crippen molar-refractivity contribution in [2.75, 3.05) is 5.32 Å². The second-order valence-corrected chi connectivity index (χ2v) is 7.36. The number of amides is 1. The number of carbonyl (C=O) groups is 1. The van der Waals surface area contributed by atoms with Gasteiger partial charge in [0.15, 0.2) is 5.58 Å². The number of carbonyl (C=O) groups excluding carboxylic acids is 1. The van der Waals surface area contributed by atoms with Gasteiger partial charge in [0, 0.05) is 27.9 Å². The van der Waals surface area contributed by atoms with Gasteiger partial charge in [-0.1, -0.05) is 29.3 Å². The molecule has 150 valence electrons. The Morgan fingerprint density at radius 3 is 2.60 bits per heavy atom. The molecule has 0 atom stereocenters. The molecular formula is C21H13Cl2N3O4. The minimum Gasteiger partial charge on any atom is -0.436 e. The number of aryl methyl sites for hydroxylation is 1. The molecule has 0 aliphatic heterocycles. The highest BCUT2D eigenvalue weighted by molar-refractivity contribution is 6.33. The van der Waals surface area contributed by atoms with Crippen molar-refractivity contribution < 1.29 is 14.1 Å². The summed E-state index contributed by atoms with van der Waals surface area (Å²) >= 11 is 12.0. The van der Waals surface area contributed by atoms with E-state index in [0.29, 0.717) is 27.7 Å². The van der Waals surface area contributed by atoms with Crippen LogP contribution >= 0.6 is 23.2 Å². The van der Waals surface area contributed by atoms with Crippen molar-refractivity contribution in [1.29, 1.82) is 0 Å². The lowest BCUT2D eigenvalue weighted by molar-refractivity contribution is -0.384. The Balaban J connectivity index is 1.61. The van der Waals surface area contributed by atoms with Gasteiger partial charge in [-0.3, -0.25) is 14.9 Å². The number of aromatic nitrogens is 1. The molecule has 7 nitrogen and oxygen atoms in total. The maximum absolute atomic E-state index is 12.5. The first kappa shape index (κ1) is 19.9. The molecule has 4 aromatic rings. The minimum absolute atomic E-state index is 0.0377. The second-order valence-electron chi connectivity index (χ2n) is 6.54. The molecule has 9 heteroatoms. The third kappa shape index (κ3) is 3.85. The standard InChI is InChI=1S/C21H13Cl2N3O4/c1-11-2-3-13(8-16(11)23)21-25-17-10-14(5-7-19(17)30-21)24-20(27)12-4-6-15(22)18(9-12)26(28)29/h2-10H,1H3,(H,24,27). The maximum Gasteiger partial charge on any atom is 0.288 e. The molecule has 0 spiro atoms. The summed E-state index contributed by atoms with van der Waals surface area (Å²) < 4.78 is 5.78. The summed E-state index contributed by atoms with van der Waals surface area (Å²) in [5, 5.41) is 14.3. The van der Waals surface area contributed by atoms with E-state index in [9.17, 15) is 14.9 Å². The lowest BCUT2D eigenvalue weighted by Crippen LogP contribution is -2.12. The van der Waals surface area contributed by atoms with E-state index < -0.39 is 10.8 Å². The maximum atomic E-state index is 12.5. The summed E-state index contributed by atoms with van der Waals surface area (Å²) in [6, 6.07) is 14.4. The van der Waals surface area contributed by atoms with Gasteiger partial charge in [-0.05, 0) is 55.0 Å². The number of fused-ring (bicyclic) bond motifs is 1. The van der Waals surface area contributed by atoms with Crippen LogP contribution in [0.2, 0.25) is 10.0 Å². The molecule has 0 unspecified atom stereocenters. The Morgan fingerprint density at radius 2 is 1.87 bits per heavy atom. The summed E-state index contributed by atoms with van der Waals surface area (Å²) in [5.41, 5.74) is 3.01. The zero-order valence-electron chi connectivity index (χ0n) is 15.5. The minimum atomic E-state index is -0.639. The Bertz CT molecular complexity index is 1320. The van der Waals surface area contributed by atoms with Crippen LogP contribution < -0.4 is 5.32 Å². The summed E-state index contributed by atoms with van der Waals surface area (Å²) in [6.45, 7) is 1.91. The van der Waals surface area contributed by atoms with Gasteiger partial charge in [-0.25, -0.2) is 4.98 Å². The van der Waals surface area contributed by atoms with E-state index in [0.717, 1.165) is 17.2 Å². The van der Waals surface area contributed by atoms with Crippen molar-refractivity contribution in [3.8, 4) is 11.5 Å². The molecule has 0 saturated heterocycles. The van der Waals surface area contributed by atoms with Crippen LogP contribution in [-0.2, 0) is 0 Å². The third-order valence-corrected chi connectivity index (χ3v) is 5.20. The lowest BCUT2D eigenvalue weighted by atomic mass is 10.1. The SMILES string of the molecule is Cc1ccc(-c2nc3cc(NC(=O)c4ccc(Cl)c([N+](=O)[O-])c4)ccc3o2)cc1Cl. The molecule has 4 rings (SSSR count). The Kier molecular flexibility index (Phi) is 5.15. The van der Waals surface area contributed by atoms with E-state index >= 15 is 0 Å². The van der Waals surface area contributed by atoms with Gasteiger partial charge >= 0.3 is 0 Å². The zero-order chi connectivity index (χ0) is 21.4. The number of nitrogens with one attached hydrogen (secondary N) is 1. The molecule has 3 aromatic carbocycles. The molecule has 0 aliphatic rings. The molecule has 0 fully saturated rings. The summed E-state index contributed by atoms with van der Waals surface area (Å²) in [7, 11) is 0. The van der Waals surface area contributed by atoms with E-state index in [4.69, 9.17) is 27.6 Å². The lowest BCUT2D eigenvalue weighted by Gasteiger charge is -2.05. The monoisotopic (exact) mass is 441 g/mol. The van der Waals surface area contributed by atoms with Crippen LogP contribution in [0.5, 0.6) is 0 Å². The number of hydrogen-bond acceptors (Lipinski definition) is 5. The molecule has 1 heterocycles. The first-order chi connectivity index (χ1) is 14.3. The van der Waals surface area contributed by atoms with Crippen LogP contribution in [0.4, 0.5) is 11.4 Å². The van der Waals surface area contributed by atoms with Gasteiger partial charge in [0.25, 0.3) is 11.6 Å². The number of oxazole rings is 1. The summed E-state index contributed by atoms with van der Waals surface area (Å²) in [5.74, 6) is -0.105. The quantitative estimate of drug-likeness (QED) is 0.297. The number of halogens is 2. The van der Waals surface area contributed by atoms with Crippen molar-refractivity contribution in [2.45, 2.75) is 6.92 Å². The van der Waals surface area contributed by atoms with E-state index in [1.54, 1.807) is 24.3 Å². The predicted molar refractivity (Wildman–Crippen MR) is 115 cm³/mol. The molecule has 30 heavy (non-hydrogen) atoms. The van der Waals surface area contributed by atoms with Crippen LogP contribution in [0.1, 0.15) is 15.9 Å². The molecule has 0 aliphatic carbocycles. The average molecular weight is 442 g/mol. The van der Waals surface area contributed by atoms with Crippen molar-refractivity contribution in [2.24, 2.45) is 0 Å². The molecule has 1 N–H and O–H groups in total. The Labute approximate surface area is 180 Å². The van der Waals surface area contributed by atoms with Crippen LogP contribution in [0.25, 0.3) is 22.6 Å². The van der Waals surface area contributed by atoms with Gasteiger partial charge in [-0.15, -0.1) is 0 Å². The number of anilines is 1. The normalized spacial score (nSPS) is 10.9. The van der Waals surface area contributed by atoms with E-state index in [2.05, 4.69) is 10.3 Å². The highest BCUT2D eigenvalue weighted by Gasteiger charge is 2.17. The zero-order valence-corrected chi connectivity index (χ0v) is 17.0. The van der Waals surface area contributed by atoms with Crippen LogP contribution in [0.3, 0.4) is 0 Å². The van der Waals surface area contributed by atoms with Crippen LogP contribution in [0.15, 0.2) is 59.0 Å². The van der Waals surface area contributed by atoms with E-state index in [-0.39, 0.29) is 16.3 Å². The smallest absolute Gasteiger partial charge is 0.288 e. The number of hydrogen-bond donors (Lipinski definition) is 1. The van der Waals surface area contributed by atoms with Gasteiger partial charge in [0.2, 0.25) is 5.89 Å². The molecule has 1 aromatic heterocycles. The number of nitrogens with zero attached hydrogens (tertiary/aromatic N) is 2. The largest absolute Gasteiger partial charge is 0.436 e. The Hall–Kier alpha value is -3.42. The summed E-state index contributed by atoms with van der Waals surface area (Å²) in [6.07, 6.45) is 0.